The number of carbonyl (C=O) groups is 1. The number of nitrogens with one attached hydrogen (secondary N) is 1. The number of aromatic hydroxyl groups is 1. The molecule has 112 valence electrons. The standard InChI is InChI=1S/C18H18N2O2/c1-2-14(12-15-8-4-3-5-9-15)13-19-20-18(22)16-10-6-7-11-17(16)21/h3-13,21H,2H2,1H3,(H,20,22)/b14-12+,19-13-. The van der Waals surface area contributed by atoms with Crippen LogP contribution in [0.3, 0.4) is 0 Å². The number of amides is 1. The van der Waals surface area contributed by atoms with Crippen molar-refractivity contribution in [1.29, 1.82) is 0 Å². The molecule has 0 aliphatic rings. The Morgan fingerprint density at radius 1 is 1.14 bits per heavy atom. The monoisotopic (exact) mass is 294 g/mol. The first kappa shape index (κ1) is 15.5. The predicted molar refractivity (Wildman–Crippen MR) is 88.8 cm³/mol. The van der Waals surface area contributed by atoms with E-state index in [0.717, 1.165) is 17.6 Å². The number of phenols is 1. The van der Waals surface area contributed by atoms with Crippen molar-refractivity contribution in [2.75, 3.05) is 0 Å². The van der Waals surface area contributed by atoms with Crippen LogP contribution < -0.4 is 5.43 Å². The molecule has 0 unspecified atom stereocenters. The van der Waals surface area contributed by atoms with E-state index in [1.807, 2.05) is 43.3 Å². The molecule has 0 bridgehead atoms. The summed E-state index contributed by atoms with van der Waals surface area (Å²) in [6, 6.07) is 16.3. The van der Waals surface area contributed by atoms with E-state index in [1.54, 1.807) is 24.4 Å². The molecule has 4 heteroatoms. The summed E-state index contributed by atoms with van der Waals surface area (Å²) in [6.07, 6.45) is 4.42. The lowest BCUT2D eigenvalue weighted by molar-refractivity contribution is 0.0952. The number of benzene rings is 2. The highest BCUT2D eigenvalue weighted by Gasteiger charge is 2.08. The van der Waals surface area contributed by atoms with E-state index in [2.05, 4.69) is 10.5 Å². The summed E-state index contributed by atoms with van der Waals surface area (Å²) in [5.74, 6) is -0.504. The van der Waals surface area contributed by atoms with Crippen molar-refractivity contribution in [3.63, 3.8) is 0 Å². The zero-order valence-corrected chi connectivity index (χ0v) is 12.4. The van der Waals surface area contributed by atoms with Gasteiger partial charge >= 0.3 is 0 Å². The van der Waals surface area contributed by atoms with E-state index in [-0.39, 0.29) is 11.3 Å². The zero-order valence-electron chi connectivity index (χ0n) is 12.4. The Morgan fingerprint density at radius 2 is 1.82 bits per heavy atom. The van der Waals surface area contributed by atoms with Gasteiger partial charge in [-0.3, -0.25) is 4.79 Å². The molecule has 0 saturated heterocycles. The van der Waals surface area contributed by atoms with Crippen LogP contribution in [0, 0.1) is 0 Å². The first-order chi connectivity index (χ1) is 10.7. The second kappa shape index (κ2) is 7.78. The number of hydrogen-bond donors (Lipinski definition) is 2. The van der Waals surface area contributed by atoms with Gasteiger partial charge in [0, 0.05) is 0 Å². The van der Waals surface area contributed by atoms with Crippen LogP contribution in [0.1, 0.15) is 29.3 Å². The molecule has 0 aliphatic heterocycles. The topological polar surface area (TPSA) is 61.7 Å². The third-order valence-corrected chi connectivity index (χ3v) is 3.11. The van der Waals surface area contributed by atoms with Crippen molar-refractivity contribution in [3.05, 3.63) is 71.3 Å². The summed E-state index contributed by atoms with van der Waals surface area (Å²) in [4.78, 5) is 11.9. The van der Waals surface area contributed by atoms with Crippen molar-refractivity contribution in [3.8, 4) is 5.75 Å². The number of allylic oxidation sites excluding steroid dienone is 1. The molecule has 2 rings (SSSR count). The molecule has 0 radical (unpaired) electrons. The van der Waals surface area contributed by atoms with E-state index in [0.29, 0.717) is 0 Å². The molecule has 0 spiro atoms. The number of hydrogen-bond acceptors (Lipinski definition) is 3. The zero-order chi connectivity index (χ0) is 15.8. The van der Waals surface area contributed by atoms with Crippen molar-refractivity contribution >= 4 is 18.2 Å². The molecule has 1 amide bonds. The Kier molecular flexibility index (Phi) is 5.49. The Bertz CT molecular complexity index is 691. The maximum absolute atomic E-state index is 11.9. The maximum atomic E-state index is 11.9. The van der Waals surface area contributed by atoms with E-state index in [9.17, 15) is 9.90 Å². The summed E-state index contributed by atoms with van der Waals surface area (Å²) in [6.45, 7) is 2.02. The molecule has 0 saturated carbocycles. The van der Waals surface area contributed by atoms with E-state index in [1.165, 1.54) is 6.07 Å². The quantitative estimate of drug-likeness (QED) is 0.653. The summed E-state index contributed by atoms with van der Waals surface area (Å²) in [7, 11) is 0. The molecule has 0 heterocycles. The van der Waals surface area contributed by atoms with Gasteiger partial charge in [-0.25, -0.2) is 5.43 Å². The fourth-order valence-electron chi connectivity index (χ4n) is 1.89. The number of nitrogens with zero attached hydrogens (tertiary/aromatic N) is 1. The fourth-order valence-corrected chi connectivity index (χ4v) is 1.89. The second-order valence-electron chi connectivity index (χ2n) is 4.70. The molecule has 2 aromatic rings. The lowest BCUT2D eigenvalue weighted by Crippen LogP contribution is -2.17. The van der Waals surface area contributed by atoms with Crippen molar-refractivity contribution in [1.82, 2.24) is 5.43 Å². The van der Waals surface area contributed by atoms with Gasteiger partial charge in [-0.05, 0) is 29.7 Å². The van der Waals surface area contributed by atoms with Crippen molar-refractivity contribution in [2.24, 2.45) is 5.10 Å². The van der Waals surface area contributed by atoms with Gasteiger partial charge in [-0.2, -0.15) is 5.10 Å². The van der Waals surface area contributed by atoms with E-state index in [4.69, 9.17) is 0 Å². The van der Waals surface area contributed by atoms with Crippen LogP contribution in [0.2, 0.25) is 0 Å². The van der Waals surface area contributed by atoms with Gasteiger partial charge in [-0.1, -0.05) is 55.5 Å². The highest BCUT2D eigenvalue weighted by molar-refractivity contribution is 5.97. The van der Waals surface area contributed by atoms with Gasteiger partial charge in [0.05, 0.1) is 11.8 Å². The Hall–Kier alpha value is -2.88. The van der Waals surface area contributed by atoms with Gasteiger partial charge in [0.15, 0.2) is 0 Å². The van der Waals surface area contributed by atoms with Gasteiger partial charge in [0.25, 0.3) is 5.91 Å². The molecule has 2 N–H and O–H groups in total. The van der Waals surface area contributed by atoms with Crippen LogP contribution in [0.4, 0.5) is 0 Å². The minimum atomic E-state index is -0.440. The average Bonchev–Trinajstić information content (AvgIpc) is 2.55. The van der Waals surface area contributed by atoms with Crippen LogP contribution in [-0.4, -0.2) is 17.2 Å². The van der Waals surface area contributed by atoms with Crippen molar-refractivity contribution < 1.29 is 9.90 Å². The molecular weight excluding hydrogens is 276 g/mol. The largest absolute Gasteiger partial charge is 0.507 e. The number of para-hydroxylation sites is 1. The van der Waals surface area contributed by atoms with E-state index < -0.39 is 5.91 Å². The number of rotatable bonds is 5. The smallest absolute Gasteiger partial charge is 0.275 e. The molecule has 0 atom stereocenters. The van der Waals surface area contributed by atoms with E-state index >= 15 is 0 Å². The van der Waals surface area contributed by atoms with Crippen LogP contribution in [-0.2, 0) is 0 Å². The summed E-state index contributed by atoms with van der Waals surface area (Å²) in [5.41, 5.74) is 4.69. The highest BCUT2D eigenvalue weighted by atomic mass is 16.3. The molecule has 22 heavy (non-hydrogen) atoms. The first-order valence-corrected chi connectivity index (χ1v) is 7.07. The third-order valence-electron chi connectivity index (χ3n) is 3.11. The Labute approximate surface area is 129 Å². The fraction of sp³-hybridized carbons (Fsp3) is 0.111. The molecule has 2 aromatic carbocycles. The summed E-state index contributed by atoms with van der Waals surface area (Å²) >= 11 is 0. The second-order valence-corrected chi connectivity index (χ2v) is 4.70. The molecule has 0 aliphatic carbocycles. The van der Waals surface area contributed by atoms with Crippen LogP contribution in [0.25, 0.3) is 6.08 Å². The van der Waals surface area contributed by atoms with Gasteiger partial charge < -0.3 is 5.11 Å². The maximum Gasteiger partial charge on any atom is 0.275 e. The first-order valence-electron chi connectivity index (χ1n) is 7.07. The Morgan fingerprint density at radius 3 is 2.50 bits per heavy atom. The van der Waals surface area contributed by atoms with Crippen LogP contribution in [0.15, 0.2) is 65.3 Å². The lowest BCUT2D eigenvalue weighted by atomic mass is 10.1. The SMILES string of the molecule is CCC(/C=N\NC(=O)c1ccccc1O)=C\c1ccccc1. The van der Waals surface area contributed by atoms with Crippen molar-refractivity contribution in [2.45, 2.75) is 13.3 Å². The summed E-state index contributed by atoms with van der Waals surface area (Å²) < 4.78 is 0. The molecular formula is C18H18N2O2. The van der Waals surface area contributed by atoms with Crippen LogP contribution >= 0.6 is 0 Å². The minimum Gasteiger partial charge on any atom is -0.507 e. The summed E-state index contributed by atoms with van der Waals surface area (Å²) in [5, 5.41) is 13.6. The lowest BCUT2D eigenvalue weighted by Gasteiger charge is -2.02. The normalized spacial score (nSPS) is 11.6. The van der Waals surface area contributed by atoms with Gasteiger partial charge in [-0.15, -0.1) is 0 Å². The van der Waals surface area contributed by atoms with Gasteiger partial charge in [0.1, 0.15) is 5.75 Å². The average molecular weight is 294 g/mol. The number of hydrazone groups is 1. The number of phenolic OH excluding ortho intramolecular Hbond substituents is 1. The molecule has 4 nitrogen and oxygen atoms in total. The highest BCUT2D eigenvalue weighted by Crippen LogP contribution is 2.15. The van der Waals surface area contributed by atoms with Gasteiger partial charge in [0.2, 0.25) is 0 Å². The predicted octanol–water partition coefficient (Wildman–Crippen LogP) is 3.60. The number of carbonyl (C=O) groups excluding carboxylic acids is 1. The minimum absolute atomic E-state index is 0.0641. The van der Waals surface area contributed by atoms with Crippen LogP contribution in [0.5, 0.6) is 5.75 Å². The third kappa shape index (κ3) is 4.31. The molecule has 0 fully saturated rings. The molecule has 0 aromatic heterocycles. The Balaban J connectivity index is 2.03.